The quantitative estimate of drug-likeness (QED) is 0.535. The Bertz CT molecular complexity index is 1300. The van der Waals surface area contributed by atoms with Crippen molar-refractivity contribution in [1.82, 2.24) is 14.6 Å². The zero-order valence-corrected chi connectivity index (χ0v) is 16.7. The number of anilines is 2. The van der Waals surface area contributed by atoms with Gasteiger partial charge >= 0.3 is 0 Å². The minimum absolute atomic E-state index is 0.134. The molecule has 1 atom stereocenters. The van der Waals surface area contributed by atoms with Gasteiger partial charge in [0.05, 0.1) is 12.1 Å². The number of carbonyl (C=O) groups is 2. The first-order valence-corrected chi connectivity index (χ1v) is 9.85. The van der Waals surface area contributed by atoms with Crippen LogP contribution in [0, 0.1) is 0 Å². The Morgan fingerprint density at radius 2 is 1.97 bits per heavy atom. The van der Waals surface area contributed by atoms with Crippen molar-refractivity contribution in [3.8, 4) is 16.9 Å². The highest BCUT2D eigenvalue weighted by molar-refractivity contribution is 5.98. The molecule has 2 N–H and O–H groups in total. The molecule has 5 rings (SSSR count). The molecule has 2 amide bonds. The highest BCUT2D eigenvalue weighted by Gasteiger charge is 2.23. The summed E-state index contributed by atoms with van der Waals surface area (Å²) in [6.07, 6.45) is 3.07. The van der Waals surface area contributed by atoms with Crippen molar-refractivity contribution in [2.45, 2.75) is 19.4 Å². The van der Waals surface area contributed by atoms with Crippen molar-refractivity contribution in [2.75, 3.05) is 10.6 Å². The zero-order valence-electron chi connectivity index (χ0n) is 16.7. The lowest BCUT2D eigenvalue weighted by molar-refractivity contribution is -0.122. The van der Waals surface area contributed by atoms with Crippen LogP contribution in [0.4, 0.5) is 11.4 Å². The molecule has 0 saturated carbocycles. The smallest absolute Gasteiger partial charge is 0.265 e. The topological polar surface area (TPSA) is 97.6 Å². The summed E-state index contributed by atoms with van der Waals surface area (Å²) in [5.41, 5.74) is 4.97. The summed E-state index contributed by atoms with van der Waals surface area (Å²) in [6.45, 7) is 1.68. The van der Waals surface area contributed by atoms with E-state index >= 15 is 0 Å². The zero-order chi connectivity index (χ0) is 21.4. The fourth-order valence-corrected chi connectivity index (χ4v) is 3.48. The minimum Gasteiger partial charge on any atom is -0.479 e. The molecule has 0 spiro atoms. The van der Waals surface area contributed by atoms with Crippen LogP contribution in [0.15, 0.2) is 67.1 Å². The second-order valence-electron chi connectivity index (χ2n) is 7.36. The number of hydrogen-bond acceptors (Lipinski definition) is 5. The summed E-state index contributed by atoms with van der Waals surface area (Å²) in [4.78, 5) is 28.4. The van der Waals surface area contributed by atoms with Crippen LogP contribution in [0.3, 0.4) is 0 Å². The van der Waals surface area contributed by atoms with Gasteiger partial charge in [-0.1, -0.05) is 24.3 Å². The molecule has 2 aromatic carbocycles. The van der Waals surface area contributed by atoms with E-state index in [0.29, 0.717) is 17.1 Å². The van der Waals surface area contributed by atoms with Crippen LogP contribution in [0.25, 0.3) is 16.8 Å². The predicted molar refractivity (Wildman–Crippen MR) is 116 cm³/mol. The summed E-state index contributed by atoms with van der Waals surface area (Å²) >= 11 is 0. The van der Waals surface area contributed by atoms with E-state index in [1.165, 1.54) is 6.33 Å². The standard InChI is InChI=1S/C23H19N5O3/c1-14-23(30)27-19-7-6-18(12-20(19)31-14)26-22(29)10-15-2-4-16(5-3-15)17-8-9-28-21(11-17)24-13-25-28/h2-9,11-14H,10H2,1H3,(H,26,29)(H,27,30). The van der Waals surface area contributed by atoms with Gasteiger partial charge in [0, 0.05) is 18.0 Å². The van der Waals surface area contributed by atoms with Crippen LogP contribution in [0.1, 0.15) is 12.5 Å². The van der Waals surface area contributed by atoms with E-state index < -0.39 is 6.10 Å². The maximum atomic E-state index is 12.5. The second kappa shape index (κ2) is 7.56. The number of fused-ring (bicyclic) bond motifs is 2. The van der Waals surface area contributed by atoms with Gasteiger partial charge in [-0.15, -0.1) is 0 Å². The number of carbonyl (C=O) groups excluding carboxylic acids is 2. The van der Waals surface area contributed by atoms with Gasteiger partial charge in [-0.25, -0.2) is 9.50 Å². The Balaban J connectivity index is 1.25. The van der Waals surface area contributed by atoms with Crippen LogP contribution < -0.4 is 15.4 Å². The fourth-order valence-electron chi connectivity index (χ4n) is 3.48. The molecule has 1 aliphatic rings. The van der Waals surface area contributed by atoms with Crippen LogP contribution in [0.5, 0.6) is 5.75 Å². The molecular weight excluding hydrogens is 394 g/mol. The predicted octanol–water partition coefficient (Wildman–Crippen LogP) is 3.30. The summed E-state index contributed by atoms with van der Waals surface area (Å²) in [7, 11) is 0. The molecule has 0 saturated heterocycles. The third-order valence-electron chi connectivity index (χ3n) is 5.13. The van der Waals surface area contributed by atoms with E-state index in [-0.39, 0.29) is 18.2 Å². The lowest BCUT2D eigenvalue weighted by atomic mass is 10.0. The van der Waals surface area contributed by atoms with Crippen LogP contribution in [0.2, 0.25) is 0 Å². The molecule has 0 fully saturated rings. The minimum atomic E-state index is -0.567. The van der Waals surface area contributed by atoms with Crippen molar-refractivity contribution in [2.24, 2.45) is 0 Å². The van der Waals surface area contributed by atoms with Crippen molar-refractivity contribution >= 4 is 28.8 Å². The third kappa shape index (κ3) is 3.83. The van der Waals surface area contributed by atoms with E-state index in [1.54, 1.807) is 29.6 Å². The number of pyridine rings is 1. The van der Waals surface area contributed by atoms with Gasteiger partial charge in [-0.05, 0) is 47.9 Å². The Morgan fingerprint density at radius 3 is 2.81 bits per heavy atom. The largest absolute Gasteiger partial charge is 0.479 e. The van der Waals surface area contributed by atoms with Crippen LogP contribution >= 0.6 is 0 Å². The second-order valence-corrected chi connectivity index (χ2v) is 7.36. The molecule has 1 unspecified atom stereocenters. The highest BCUT2D eigenvalue weighted by atomic mass is 16.5. The summed E-state index contributed by atoms with van der Waals surface area (Å²) in [5, 5.41) is 9.75. The van der Waals surface area contributed by atoms with Gasteiger partial charge < -0.3 is 15.4 Å². The van der Waals surface area contributed by atoms with Crippen molar-refractivity contribution in [3.63, 3.8) is 0 Å². The molecule has 8 nitrogen and oxygen atoms in total. The van der Waals surface area contributed by atoms with E-state index in [0.717, 1.165) is 22.3 Å². The normalized spacial score (nSPS) is 15.1. The maximum Gasteiger partial charge on any atom is 0.265 e. The number of amides is 2. The number of ether oxygens (including phenoxy) is 1. The third-order valence-corrected chi connectivity index (χ3v) is 5.13. The van der Waals surface area contributed by atoms with Gasteiger partial charge in [0.2, 0.25) is 5.91 Å². The molecule has 31 heavy (non-hydrogen) atoms. The first-order valence-electron chi connectivity index (χ1n) is 9.85. The van der Waals surface area contributed by atoms with E-state index in [9.17, 15) is 9.59 Å². The molecule has 1 aliphatic heterocycles. The number of rotatable bonds is 4. The Kier molecular flexibility index (Phi) is 4.59. The Labute approximate surface area is 177 Å². The van der Waals surface area contributed by atoms with Gasteiger partial charge in [0.25, 0.3) is 5.91 Å². The van der Waals surface area contributed by atoms with Crippen LogP contribution in [-0.4, -0.2) is 32.5 Å². The van der Waals surface area contributed by atoms with Crippen molar-refractivity contribution in [1.29, 1.82) is 0 Å². The fraction of sp³-hybridized carbons (Fsp3) is 0.130. The van der Waals surface area contributed by atoms with Crippen molar-refractivity contribution < 1.29 is 14.3 Å². The highest BCUT2D eigenvalue weighted by Crippen LogP contribution is 2.32. The molecule has 0 bridgehead atoms. The molecule has 0 aliphatic carbocycles. The maximum absolute atomic E-state index is 12.5. The molecule has 3 heterocycles. The van der Waals surface area contributed by atoms with E-state index in [1.807, 2.05) is 42.6 Å². The van der Waals surface area contributed by atoms with E-state index in [2.05, 4.69) is 20.7 Å². The Morgan fingerprint density at radius 1 is 1.13 bits per heavy atom. The SMILES string of the molecule is CC1Oc2cc(NC(=O)Cc3ccc(-c4ccn5ncnc5c4)cc3)ccc2NC1=O. The van der Waals surface area contributed by atoms with Gasteiger partial charge in [-0.2, -0.15) is 5.10 Å². The van der Waals surface area contributed by atoms with Gasteiger partial charge in [0.1, 0.15) is 12.1 Å². The number of nitrogens with zero attached hydrogens (tertiary/aromatic N) is 3. The first-order chi connectivity index (χ1) is 15.0. The molecular formula is C23H19N5O3. The number of aromatic nitrogens is 3. The average Bonchev–Trinajstić information content (AvgIpc) is 3.23. The lowest BCUT2D eigenvalue weighted by Crippen LogP contribution is -2.34. The molecule has 154 valence electrons. The Hall–Kier alpha value is -4.20. The molecule has 8 heteroatoms. The van der Waals surface area contributed by atoms with Gasteiger partial charge in [0.15, 0.2) is 11.8 Å². The summed E-state index contributed by atoms with van der Waals surface area (Å²) < 4.78 is 7.30. The number of hydrogen-bond donors (Lipinski definition) is 2. The molecule has 4 aromatic rings. The van der Waals surface area contributed by atoms with Gasteiger partial charge in [-0.3, -0.25) is 9.59 Å². The number of nitrogens with one attached hydrogen (secondary N) is 2. The lowest BCUT2D eigenvalue weighted by Gasteiger charge is -2.23. The first kappa shape index (κ1) is 18.8. The summed E-state index contributed by atoms with van der Waals surface area (Å²) in [6, 6.07) is 17.0. The van der Waals surface area contributed by atoms with E-state index in [4.69, 9.17) is 4.74 Å². The number of benzene rings is 2. The van der Waals surface area contributed by atoms with Crippen molar-refractivity contribution in [3.05, 3.63) is 72.7 Å². The average molecular weight is 413 g/mol. The van der Waals surface area contributed by atoms with Crippen LogP contribution in [-0.2, 0) is 16.0 Å². The molecule has 0 radical (unpaired) electrons. The monoisotopic (exact) mass is 413 g/mol. The summed E-state index contributed by atoms with van der Waals surface area (Å²) in [5.74, 6) is 0.221. The molecule has 2 aromatic heterocycles.